The van der Waals surface area contributed by atoms with Crippen LogP contribution in [0.5, 0.6) is 0 Å². The van der Waals surface area contributed by atoms with E-state index in [-0.39, 0.29) is 17.3 Å². The molecule has 0 unspecified atom stereocenters. The maximum Gasteiger partial charge on any atom is 0.341 e. The molecule has 0 radical (unpaired) electrons. The SMILES string of the molecule is O=C(OCc1ccccc1Br)c1cccnc1Cl. The van der Waals surface area contributed by atoms with Crippen LogP contribution >= 0.6 is 27.5 Å². The number of carbonyl (C=O) groups excluding carboxylic acids is 1. The molecule has 18 heavy (non-hydrogen) atoms. The normalized spacial score (nSPS) is 10.1. The zero-order valence-corrected chi connectivity index (χ0v) is 11.6. The lowest BCUT2D eigenvalue weighted by Gasteiger charge is -2.07. The fourth-order valence-electron chi connectivity index (χ4n) is 1.37. The van der Waals surface area contributed by atoms with Crippen LogP contribution in [0.3, 0.4) is 0 Å². The lowest BCUT2D eigenvalue weighted by molar-refractivity contribution is 0.0471. The Bertz CT molecular complexity index is 574. The molecule has 0 fully saturated rings. The smallest absolute Gasteiger partial charge is 0.341 e. The van der Waals surface area contributed by atoms with Gasteiger partial charge >= 0.3 is 5.97 Å². The summed E-state index contributed by atoms with van der Waals surface area (Å²) in [6.07, 6.45) is 1.52. The molecule has 92 valence electrons. The standard InChI is InChI=1S/C13H9BrClNO2/c14-11-6-2-1-4-9(11)8-18-13(17)10-5-3-7-16-12(10)15/h1-7H,8H2. The van der Waals surface area contributed by atoms with Gasteiger partial charge in [-0.15, -0.1) is 0 Å². The van der Waals surface area contributed by atoms with Crippen molar-refractivity contribution in [3.63, 3.8) is 0 Å². The molecule has 1 aromatic heterocycles. The summed E-state index contributed by atoms with van der Waals surface area (Å²) in [5.41, 5.74) is 1.16. The fourth-order valence-corrected chi connectivity index (χ4v) is 1.97. The van der Waals surface area contributed by atoms with E-state index in [0.29, 0.717) is 0 Å². The van der Waals surface area contributed by atoms with Crippen molar-refractivity contribution in [3.8, 4) is 0 Å². The maximum absolute atomic E-state index is 11.8. The first-order chi connectivity index (χ1) is 8.68. The van der Waals surface area contributed by atoms with Crippen molar-refractivity contribution < 1.29 is 9.53 Å². The highest BCUT2D eigenvalue weighted by molar-refractivity contribution is 9.10. The highest BCUT2D eigenvalue weighted by Crippen LogP contribution is 2.18. The number of ether oxygens (including phenoxy) is 1. The summed E-state index contributed by atoms with van der Waals surface area (Å²) in [6.45, 7) is 0.186. The van der Waals surface area contributed by atoms with E-state index in [1.165, 1.54) is 6.20 Å². The van der Waals surface area contributed by atoms with Gasteiger partial charge in [-0.1, -0.05) is 45.7 Å². The zero-order valence-electron chi connectivity index (χ0n) is 9.27. The number of benzene rings is 1. The molecule has 5 heteroatoms. The Morgan fingerprint density at radius 1 is 1.28 bits per heavy atom. The molecule has 0 N–H and O–H groups in total. The van der Waals surface area contributed by atoms with Gasteiger partial charge in [0.2, 0.25) is 0 Å². The monoisotopic (exact) mass is 325 g/mol. The second-order valence-electron chi connectivity index (χ2n) is 3.51. The van der Waals surface area contributed by atoms with Gasteiger partial charge in [0.1, 0.15) is 11.8 Å². The summed E-state index contributed by atoms with van der Waals surface area (Å²) in [6, 6.07) is 10.8. The van der Waals surface area contributed by atoms with E-state index in [1.807, 2.05) is 24.3 Å². The van der Waals surface area contributed by atoms with Gasteiger partial charge in [-0.2, -0.15) is 0 Å². The second-order valence-corrected chi connectivity index (χ2v) is 4.72. The van der Waals surface area contributed by atoms with E-state index in [1.54, 1.807) is 12.1 Å². The quantitative estimate of drug-likeness (QED) is 0.635. The topological polar surface area (TPSA) is 39.2 Å². The van der Waals surface area contributed by atoms with Crippen molar-refractivity contribution in [2.24, 2.45) is 0 Å². The summed E-state index contributed by atoms with van der Waals surface area (Å²) in [5.74, 6) is -0.483. The van der Waals surface area contributed by atoms with Gasteiger partial charge in [-0.25, -0.2) is 9.78 Å². The largest absolute Gasteiger partial charge is 0.457 e. The maximum atomic E-state index is 11.8. The number of aromatic nitrogens is 1. The van der Waals surface area contributed by atoms with E-state index in [2.05, 4.69) is 20.9 Å². The average Bonchev–Trinajstić information content (AvgIpc) is 2.38. The molecule has 0 aliphatic carbocycles. The number of pyridine rings is 1. The van der Waals surface area contributed by atoms with Crippen LogP contribution in [0.1, 0.15) is 15.9 Å². The van der Waals surface area contributed by atoms with Crippen molar-refractivity contribution in [3.05, 3.63) is 63.3 Å². The first-order valence-corrected chi connectivity index (χ1v) is 6.36. The van der Waals surface area contributed by atoms with Crippen molar-refractivity contribution in [2.45, 2.75) is 6.61 Å². The highest BCUT2D eigenvalue weighted by Gasteiger charge is 2.12. The molecule has 0 bridgehead atoms. The average molecular weight is 327 g/mol. The number of esters is 1. The van der Waals surface area contributed by atoms with Gasteiger partial charge in [-0.3, -0.25) is 0 Å². The molecular weight excluding hydrogens is 318 g/mol. The minimum absolute atomic E-state index is 0.148. The van der Waals surface area contributed by atoms with E-state index < -0.39 is 5.97 Å². The highest BCUT2D eigenvalue weighted by atomic mass is 79.9. The molecule has 0 amide bonds. The summed E-state index contributed by atoms with van der Waals surface area (Å²) in [5, 5.41) is 0.148. The molecular formula is C13H9BrClNO2. The lowest BCUT2D eigenvalue weighted by Crippen LogP contribution is -2.06. The van der Waals surface area contributed by atoms with Crippen molar-refractivity contribution >= 4 is 33.5 Å². The molecule has 1 aromatic carbocycles. The first-order valence-electron chi connectivity index (χ1n) is 5.19. The Morgan fingerprint density at radius 3 is 2.78 bits per heavy atom. The number of hydrogen-bond donors (Lipinski definition) is 0. The van der Waals surface area contributed by atoms with Crippen LogP contribution in [0.15, 0.2) is 47.1 Å². The predicted molar refractivity (Wildman–Crippen MR) is 72.5 cm³/mol. The molecule has 0 saturated heterocycles. The Hall–Kier alpha value is -1.39. The molecule has 0 saturated carbocycles. The Balaban J connectivity index is 2.06. The third-order valence-electron chi connectivity index (χ3n) is 2.30. The van der Waals surface area contributed by atoms with E-state index in [0.717, 1.165) is 10.0 Å². The summed E-state index contributed by atoms with van der Waals surface area (Å²) in [4.78, 5) is 15.6. The van der Waals surface area contributed by atoms with Gasteiger partial charge in [-0.05, 0) is 18.2 Å². The van der Waals surface area contributed by atoms with Crippen LogP contribution in [0, 0.1) is 0 Å². The molecule has 1 heterocycles. The van der Waals surface area contributed by atoms with Crippen molar-refractivity contribution in [1.29, 1.82) is 0 Å². The van der Waals surface area contributed by atoms with Crippen LogP contribution < -0.4 is 0 Å². The molecule has 0 aliphatic rings. The Labute approximate surface area is 118 Å². The summed E-state index contributed by atoms with van der Waals surface area (Å²) >= 11 is 9.20. The first kappa shape index (κ1) is 13.1. The van der Waals surface area contributed by atoms with Crippen LogP contribution in [0.2, 0.25) is 5.15 Å². The van der Waals surface area contributed by atoms with E-state index in [9.17, 15) is 4.79 Å². The number of carbonyl (C=O) groups is 1. The van der Waals surface area contributed by atoms with Gasteiger partial charge in [0.05, 0.1) is 5.56 Å². The molecule has 2 aromatic rings. The second kappa shape index (κ2) is 5.98. The predicted octanol–water partition coefficient (Wildman–Crippen LogP) is 3.85. The molecule has 0 spiro atoms. The van der Waals surface area contributed by atoms with Crippen molar-refractivity contribution in [1.82, 2.24) is 4.98 Å². The van der Waals surface area contributed by atoms with E-state index in [4.69, 9.17) is 16.3 Å². The van der Waals surface area contributed by atoms with Gasteiger partial charge < -0.3 is 4.74 Å². The Morgan fingerprint density at radius 2 is 2.06 bits per heavy atom. The van der Waals surface area contributed by atoms with Gasteiger partial charge in [0, 0.05) is 16.2 Å². The summed E-state index contributed by atoms with van der Waals surface area (Å²) in [7, 11) is 0. The third-order valence-corrected chi connectivity index (χ3v) is 3.37. The third kappa shape index (κ3) is 3.09. The molecule has 2 rings (SSSR count). The van der Waals surface area contributed by atoms with Crippen LogP contribution in [0.4, 0.5) is 0 Å². The Kier molecular flexibility index (Phi) is 4.33. The number of rotatable bonds is 3. The number of nitrogens with zero attached hydrogens (tertiary/aromatic N) is 1. The minimum Gasteiger partial charge on any atom is -0.457 e. The van der Waals surface area contributed by atoms with Gasteiger partial charge in [0.25, 0.3) is 0 Å². The lowest BCUT2D eigenvalue weighted by atomic mass is 10.2. The van der Waals surface area contributed by atoms with Crippen LogP contribution in [-0.4, -0.2) is 11.0 Å². The fraction of sp³-hybridized carbons (Fsp3) is 0.0769. The minimum atomic E-state index is -0.483. The molecule has 0 aliphatic heterocycles. The van der Waals surface area contributed by atoms with Crippen LogP contribution in [-0.2, 0) is 11.3 Å². The molecule has 3 nitrogen and oxygen atoms in total. The van der Waals surface area contributed by atoms with E-state index >= 15 is 0 Å². The number of halogens is 2. The summed E-state index contributed by atoms with van der Waals surface area (Å²) < 4.78 is 6.08. The number of hydrogen-bond acceptors (Lipinski definition) is 3. The van der Waals surface area contributed by atoms with Gasteiger partial charge in [0.15, 0.2) is 0 Å². The van der Waals surface area contributed by atoms with Crippen LogP contribution in [0.25, 0.3) is 0 Å². The zero-order chi connectivity index (χ0) is 13.0. The molecule has 0 atom stereocenters. The van der Waals surface area contributed by atoms with Crippen molar-refractivity contribution in [2.75, 3.05) is 0 Å².